The molecule has 1 aliphatic rings. The summed E-state index contributed by atoms with van der Waals surface area (Å²) in [5.41, 5.74) is 0. The summed E-state index contributed by atoms with van der Waals surface area (Å²) in [6, 6.07) is 0. The Morgan fingerprint density at radius 1 is 1.43 bits per heavy atom. The molecule has 0 saturated heterocycles. The van der Waals surface area contributed by atoms with Crippen LogP contribution < -0.4 is 5.32 Å². The lowest BCUT2D eigenvalue weighted by Crippen LogP contribution is -2.33. The van der Waals surface area contributed by atoms with Crippen molar-refractivity contribution in [2.75, 3.05) is 32.9 Å². The molecule has 0 saturated carbocycles. The van der Waals surface area contributed by atoms with Crippen LogP contribution in [0.3, 0.4) is 0 Å². The highest BCUT2D eigenvalue weighted by Gasteiger charge is 2.18. The van der Waals surface area contributed by atoms with E-state index in [0.29, 0.717) is 51.2 Å². The van der Waals surface area contributed by atoms with Crippen LogP contribution in [0, 0.1) is 11.8 Å². The first-order valence-corrected chi connectivity index (χ1v) is 7.90. The third kappa shape index (κ3) is 8.19. The summed E-state index contributed by atoms with van der Waals surface area (Å²) < 4.78 is 10.4. The fourth-order valence-corrected chi connectivity index (χ4v) is 2.35. The number of aliphatic hydroxyl groups excluding tert-OH is 1. The molecule has 1 aliphatic carbocycles. The molecular formula is C16H29NO4. The second-order valence-electron chi connectivity index (χ2n) is 5.63. The highest BCUT2D eigenvalue weighted by atomic mass is 16.5. The van der Waals surface area contributed by atoms with E-state index < -0.39 is 6.10 Å². The number of hydrogen-bond donors (Lipinski definition) is 2. The Morgan fingerprint density at radius 2 is 2.19 bits per heavy atom. The molecule has 0 aliphatic heterocycles. The molecule has 0 amide bonds. The molecule has 0 spiro atoms. The molecule has 0 radical (unpaired) electrons. The summed E-state index contributed by atoms with van der Waals surface area (Å²) in [5.74, 6) is 0.990. The Hall–Kier alpha value is -0.910. The van der Waals surface area contributed by atoms with Crippen molar-refractivity contribution in [3.8, 4) is 0 Å². The van der Waals surface area contributed by atoms with Crippen molar-refractivity contribution in [2.45, 2.75) is 39.2 Å². The van der Waals surface area contributed by atoms with Gasteiger partial charge in [-0.05, 0) is 31.6 Å². The van der Waals surface area contributed by atoms with E-state index in [0.717, 1.165) is 12.8 Å². The minimum Gasteiger partial charge on any atom is -0.466 e. The van der Waals surface area contributed by atoms with E-state index in [1.807, 2.05) is 0 Å². The second kappa shape index (κ2) is 10.8. The lowest BCUT2D eigenvalue weighted by atomic mass is 9.85. The Balaban J connectivity index is 1.99. The fourth-order valence-electron chi connectivity index (χ4n) is 2.35. The third-order valence-corrected chi connectivity index (χ3v) is 3.75. The van der Waals surface area contributed by atoms with Crippen LogP contribution >= 0.6 is 0 Å². The SMILES string of the molecule is CCOC(=O)CCNCC(O)COCC1CC=CCC1C. The van der Waals surface area contributed by atoms with E-state index in [1.54, 1.807) is 6.92 Å². The van der Waals surface area contributed by atoms with Gasteiger partial charge in [-0.25, -0.2) is 0 Å². The Morgan fingerprint density at radius 3 is 2.90 bits per heavy atom. The number of hydrogen-bond acceptors (Lipinski definition) is 5. The van der Waals surface area contributed by atoms with Gasteiger partial charge >= 0.3 is 5.97 Å². The van der Waals surface area contributed by atoms with Crippen LogP contribution in [0.4, 0.5) is 0 Å². The van der Waals surface area contributed by atoms with Crippen LogP contribution in [-0.4, -0.2) is 50.1 Å². The Labute approximate surface area is 127 Å². The van der Waals surface area contributed by atoms with Crippen molar-refractivity contribution in [3.05, 3.63) is 12.2 Å². The van der Waals surface area contributed by atoms with E-state index in [4.69, 9.17) is 9.47 Å². The summed E-state index contributed by atoms with van der Waals surface area (Å²) in [6.45, 7) is 6.41. The second-order valence-corrected chi connectivity index (χ2v) is 5.63. The molecule has 21 heavy (non-hydrogen) atoms. The van der Waals surface area contributed by atoms with Crippen molar-refractivity contribution in [1.82, 2.24) is 5.32 Å². The molecule has 0 fully saturated rings. The van der Waals surface area contributed by atoms with Crippen LogP contribution in [0.5, 0.6) is 0 Å². The van der Waals surface area contributed by atoms with Gasteiger partial charge in [0.15, 0.2) is 0 Å². The first-order valence-electron chi connectivity index (χ1n) is 7.90. The number of nitrogens with one attached hydrogen (secondary N) is 1. The lowest BCUT2D eigenvalue weighted by molar-refractivity contribution is -0.143. The molecule has 1 rings (SSSR count). The normalized spacial score (nSPS) is 23.0. The van der Waals surface area contributed by atoms with Gasteiger partial charge in [0.2, 0.25) is 0 Å². The maximum absolute atomic E-state index is 11.1. The summed E-state index contributed by atoms with van der Waals surface area (Å²) in [6.07, 6.45) is 6.40. The van der Waals surface area contributed by atoms with Crippen molar-refractivity contribution in [3.63, 3.8) is 0 Å². The van der Waals surface area contributed by atoms with Crippen LogP contribution in [0.25, 0.3) is 0 Å². The first kappa shape index (κ1) is 18.1. The number of esters is 1. The van der Waals surface area contributed by atoms with Crippen LogP contribution in [0.2, 0.25) is 0 Å². The number of carbonyl (C=O) groups excluding carboxylic acids is 1. The molecule has 0 aromatic carbocycles. The van der Waals surface area contributed by atoms with Crippen molar-refractivity contribution in [1.29, 1.82) is 0 Å². The monoisotopic (exact) mass is 299 g/mol. The molecule has 0 heterocycles. The van der Waals surface area contributed by atoms with Gasteiger partial charge in [-0.2, -0.15) is 0 Å². The zero-order valence-corrected chi connectivity index (χ0v) is 13.2. The molecule has 5 nitrogen and oxygen atoms in total. The number of ether oxygens (including phenoxy) is 2. The zero-order chi connectivity index (χ0) is 15.5. The van der Waals surface area contributed by atoms with Crippen LogP contribution in [0.15, 0.2) is 12.2 Å². The zero-order valence-electron chi connectivity index (χ0n) is 13.2. The van der Waals surface area contributed by atoms with Crippen LogP contribution in [-0.2, 0) is 14.3 Å². The number of rotatable bonds is 10. The summed E-state index contributed by atoms with van der Waals surface area (Å²) in [7, 11) is 0. The minimum atomic E-state index is -0.540. The van der Waals surface area contributed by atoms with Crippen LogP contribution in [0.1, 0.15) is 33.1 Å². The van der Waals surface area contributed by atoms with Crippen molar-refractivity contribution < 1.29 is 19.4 Å². The van der Waals surface area contributed by atoms with Gasteiger partial charge in [0.25, 0.3) is 0 Å². The molecule has 0 aromatic rings. The van der Waals surface area contributed by atoms with Gasteiger partial charge in [0.1, 0.15) is 0 Å². The standard InChI is InChI=1S/C16H29NO4/c1-3-21-16(19)8-9-17-10-15(18)12-20-11-14-7-5-4-6-13(14)2/h4-5,13-15,17-18H,3,6-12H2,1-2H3. The Kier molecular flexibility index (Phi) is 9.30. The lowest BCUT2D eigenvalue weighted by Gasteiger charge is -2.25. The van der Waals surface area contributed by atoms with E-state index in [1.165, 1.54) is 0 Å². The molecular weight excluding hydrogens is 270 g/mol. The maximum Gasteiger partial charge on any atom is 0.307 e. The summed E-state index contributed by atoms with van der Waals surface area (Å²) in [4.78, 5) is 11.1. The van der Waals surface area contributed by atoms with Gasteiger partial charge in [0.05, 0.1) is 32.3 Å². The molecule has 5 heteroatoms. The van der Waals surface area contributed by atoms with Gasteiger partial charge in [-0.1, -0.05) is 19.1 Å². The molecule has 0 aromatic heterocycles. The Bertz CT molecular complexity index is 319. The highest BCUT2D eigenvalue weighted by Crippen LogP contribution is 2.24. The summed E-state index contributed by atoms with van der Waals surface area (Å²) in [5, 5.41) is 12.8. The fraction of sp³-hybridized carbons (Fsp3) is 0.812. The highest BCUT2D eigenvalue weighted by molar-refractivity contribution is 5.69. The minimum absolute atomic E-state index is 0.213. The molecule has 3 atom stereocenters. The van der Waals surface area contributed by atoms with Crippen molar-refractivity contribution in [2.24, 2.45) is 11.8 Å². The quantitative estimate of drug-likeness (QED) is 0.363. The summed E-state index contributed by atoms with van der Waals surface area (Å²) >= 11 is 0. The van der Waals surface area contributed by atoms with E-state index in [-0.39, 0.29) is 5.97 Å². The van der Waals surface area contributed by atoms with E-state index in [2.05, 4.69) is 24.4 Å². The van der Waals surface area contributed by atoms with Gasteiger partial charge in [-0.3, -0.25) is 4.79 Å². The third-order valence-electron chi connectivity index (χ3n) is 3.75. The largest absolute Gasteiger partial charge is 0.466 e. The molecule has 2 N–H and O–H groups in total. The maximum atomic E-state index is 11.1. The van der Waals surface area contributed by atoms with Gasteiger partial charge in [0, 0.05) is 13.1 Å². The first-order chi connectivity index (χ1) is 10.1. The van der Waals surface area contributed by atoms with E-state index >= 15 is 0 Å². The van der Waals surface area contributed by atoms with E-state index in [9.17, 15) is 9.90 Å². The molecule has 0 bridgehead atoms. The smallest absolute Gasteiger partial charge is 0.307 e. The van der Waals surface area contributed by atoms with Gasteiger partial charge < -0.3 is 19.9 Å². The molecule has 3 unspecified atom stereocenters. The number of aliphatic hydroxyl groups is 1. The molecule has 122 valence electrons. The predicted molar refractivity (Wildman–Crippen MR) is 82.0 cm³/mol. The average Bonchev–Trinajstić information content (AvgIpc) is 2.46. The van der Waals surface area contributed by atoms with Gasteiger partial charge in [-0.15, -0.1) is 0 Å². The van der Waals surface area contributed by atoms with Crippen molar-refractivity contribution >= 4 is 5.97 Å². The number of allylic oxidation sites excluding steroid dienone is 2. The topological polar surface area (TPSA) is 67.8 Å². The predicted octanol–water partition coefficient (Wildman–Crippen LogP) is 1.51. The average molecular weight is 299 g/mol. The number of carbonyl (C=O) groups is 1.